The van der Waals surface area contributed by atoms with Crippen molar-refractivity contribution in [3.63, 3.8) is 0 Å². The minimum atomic E-state index is -0.562. The van der Waals surface area contributed by atoms with Crippen molar-refractivity contribution in [2.75, 3.05) is 24.3 Å². The van der Waals surface area contributed by atoms with Gasteiger partial charge in [0.25, 0.3) is 5.91 Å². The number of hydrogen-bond acceptors (Lipinski definition) is 3. The number of carbonyl (C=O) groups is 1. The van der Waals surface area contributed by atoms with Crippen LogP contribution in [-0.2, 0) is 9.53 Å². The van der Waals surface area contributed by atoms with E-state index < -0.39 is 6.10 Å². The normalized spacial score (nSPS) is 19.4. The lowest BCUT2D eigenvalue weighted by atomic mass is 10.2. The van der Waals surface area contributed by atoms with Gasteiger partial charge in [-0.25, -0.2) is 4.39 Å². The molecule has 1 heterocycles. The number of fused-ring (bicyclic) bond motifs is 1. The van der Waals surface area contributed by atoms with E-state index in [1.807, 2.05) is 22.6 Å². The van der Waals surface area contributed by atoms with Crippen LogP contribution in [0.5, 0.6) is 0 Å². The molecule has 0 aromatic heterocycles. The number of rotatable bonds is 1. The van der Waals surface area contributed by atoms with E-state index in [1.165, 1.54) is 13.2 Å². The summed E-state index contributed by atoms with van der Waals surface area (Å²) in [5.41, 5.74) is 1.15. The third-order valence-corrected chi connectivity index (χ3v) is 3.20. The summed E-state index contributed by atoms with van der Waals surface area (Å²) >= 11 is 1.88. The molecule has 0 radical (unpaired) electrons. The maximum absolute atomic E-state index is 13.3. The van der Waals surface area contributed by atoms with E-state index in [0.29, 0.717) is 21.5 Å². The van der Waals surface area contributed by atoms with Gasteiger partial charge >= 0.3 is 0 Å². The number of halogens is 2. The molecule has 86 valence electrons. The summed E-state index contributed by atoms with van der Waals surface area (Å²) in [5, 5.41) is 5.67. The molecule has 0 fully saturated rings. The number of benzene rings is 1. The number of nitrogens with one attached hydrogen (secondary N) is 2. The van der Waals surface area contributed by atoms with Crippen molar-refractivity contribution in [1.29, 1.82) is 0 Å². The summed E-state index contributed by atoms with van der Waals surface area (Å²) in [6.07, 6.45) is -0.562. The fourth-order valence-corrected chi connectivity index (χ4v) is 1.96. The molecular weight excluding hydrogens is 326 g/mol. The highest BCUT2D eigenvalue weighted by Crippen LogP contribution is 2.28. The highest BCUT2D eigenvalue weighted by atomic mass is 127. The van der Waals surface area contributed by atoms with E-state index >= 15 is 0 Å². The summed E-state index contributed by atoms with van der Waals surface area (Å²) in [6.45, 7) is 0.329. The lowest BCUT2D eigenvalue weighted by molar-refractivity contribution is -0.124. The van der Waals surface area contributed by atoms with E-state index in [2.05, 4.69) is 10.6 Å². The van der Waals surface area contributed by atoms with E-state index in [9.17, 15) is 9.18 Å². The standard InChI is InChI=1S/C10H10FIN2O2/c1-16-9-4-13-7-2-5(11)6(12)3-8(7)14-10(9)15/h2-3,9,13H,4H2,1H3,(H,14,15). The first-order chi connectivity index (χ1) is 7.61. The van der Waals surface area contributed by atoms with Crippen molar-refractivity contribution in [3.8, 4) is 0 Å². The average Bonchev–Trinajstić information content (AvgIpc) is 2.38. The van der Waals surface area contributed by atoms with Gasteiger partial charge in [0, 0.05) is 13.2 Å². The Morgan fingerprint density at radius 3 is 2.94 bits per heavy atom. The Kier molecular flexibility index (Phi) is 3.29. The van der Waals surface area contributed by atoms with Crippen molar-refractivity contribution in [3.05, 3.63) is 21.5 Å². The van der Waals surface area contributed by atoms with Crippen molar-refractivity contribution in [1.82, 2.24) is 0 Å². The molecule has 0 aliphatic carbocycles. The molecule has 1 aromatic carbocycles. The maximum atomic E-state index is 13.3. The summed E-state index contributed by atoms with van der Waals surface area (Å²) in [7, 11) is 1.46. The van der Waals surface area contributed by atoms with Crippen LogP contribution in [0.15, 0.2) is 12.1 Å². The third-order valence-electron chi connectivity index (χ3n) is 2.37. The summed E-state index contributed by atoms with van der Waals surface area (Å²) in [6, 6.07) is 2.96. The first kappa shape index (κ1) is 11.6. The smallest absolute Gasteiger partial charge is 0.255 e. The molecule has 4 nitrogen and oxygen atoms in total. The molecule has 1 aliphatic heterocycles. The number of anilines is 2. The molecule has 6 heteroatoms. The Bertz CT molecular complexity index is 439. The minimum absolute atomic E-state index is 0.226. The van der Waals surface area contributed by atoms with Gasteiger partial charge in [-0.3, -0.25) is 4.79 Å². The molecule has 0 saturated carbocycles. The third kappa shape index (κ3) is 2.12. The van der Waals surface area contributed by atoms with Crippen LogP contribution in [0, 0.1) is 9.39 Å². The molecule has 1 amide bonds. The van der Waals surface area contributed by atoms with Gasteiger partial charge in [-0.2, -0.15) is 0 Å². The largest absolute Gasteiger partial charge is 0.380 e. The van der Waals surface area contributed by atoms with Crippen LogP contribution >= 0.6 is 22.6 Å². The van der Waals surface area contributed by atoms with Crippen molar-refractivity contribution >= 4 is 39.9 Å². The number of carbonyl (C=O) groups excluding carboxylic acids is 1. The summed E-state index contributed by atoms with van der Waals surface area (Å²) < 4.78 is 18.8. The van der Waals surface area contributed by atoms with E-state index in [4.69, 9.17) is 4.74 Å². The zero-order valence-electron chi connectivity index (χ0n) is 8.51. The fraction of sp³-hybridized carbons (Fsp3) is 0.300. The number of hydrogen-bond donors (Lipinski definition) is 2. The Balaban J connectivity index is 2.37. The van der Waals surface area contributed by atoms with Gasteiger partial charge in [-0.15, -0.1) is 0 Å². The topological polar surface area (TPSA) is 50.4 Å². The lowest BCUT2D eigenvalue weighted by Crippen LogP contribution is -2.32. The van der Waals surface area contributed by atoms with Gasteiger partial charge in [0.1, 0.15) is 5.82 Å². The SMILES string of the molecule is COC1CNc2cc(F)c(I)cc2NC1=O. The number of amides is 1. The van der Waals surface area contributed by atoms with Crippen LogP contribution in [0.2, 0.25) is 0 Å². The van der Waals surface area contributed by atoms with Crippen LogP contribution in [0.25, 0.3) is 0 Å². The van der Waals surface area contributed by atoms with Crippen LogP contribution in [0.4, 0.5) is 15.8 Å². The number of methoxy groups -OCH3 is 1. The van der Waals surface area contributed by atoms with Crippen LogP contribution in [0.3, 0.4) is 0 Å². The zero-order valence-corrected chi connectivity index (χ0v) is 10.7. The van der Waals surface area contributed by atoms with E-state index in [1.54, 1.807) is 6.07 Å². The van der Waals surface area contributed by atoms with Crippen LogP contribution in [-0.4, -0.2) is 25.7 Å². The van der Waals surface area contributed by atoms with Crippen LogP contribution in [0.1, 0.15) is 0 Å². The first-order valence-electron chi connectivity index (χ1n) is 4.68. The molecule has 1 aliphatic rings. The van der Waals surface area contributed by atoms with E-state index in [-0.39, 0.29) is 11.7 Å². The maximum Gasteiger partial charge on any atom is 0.255 e. The Labute approximate surface area is 106 Å². The van der Waals surface area contributed by atoms with Gasteiger partial charge in [0.05, 0.1) is 21.5 Å². The molecule has 0 saturated heterocycles. The second-order valence-electron chi connectivity index (χ2n) is 3.41. The Morgan fingerprint density at radius 1 is 1.50 bits per heavy atom. The number of ether oxygens (including phenoxy) is 1. The molecule has 2 N–H and O–H groups in total. The van der Waals surface area contributed by atoms with Crippen molar-refractivity contribution in [2.45, 2.75) is 6.10 Å². The van der Waals surface area contributed by atoms with Gasteiger partial charge in [-0.05, 0) is 28.7 Å². The van der Waals surface area contributed by atoms with Gasteiger partial charge < -0.3 is 15.4 Å². The predicted molar refractivity (Wildman–Crippen MR) is 67.0 cm³/mol. The summed E-state index contributed by atoms with van der Waals surface area (Å²) in [4.78, 5) is 11.6. The highest BCUT2D eigenvalue weighted by molar-refractivity contribution is 14.1. The predicted octanol–water partition coefficient (Wildman–Crippen LogP) is 1.81. The Hall–Kier alpha value is -0.890. The fourth-order valence-electron chi connectivity index (χ4n) is 1.50. The molecule has 16 heavy (non-hydrogen) atoms. The zero-order chi connectivity index (χ0) is 11.7. The van der Waals surface area contributed by atoms with Crippen molar-refractivity contribution < 1.29 is 13.9 Å². The first-order valence-corrected chi connectivity index (χ1v) is 5.76. The van der Waals surface area contributed by atoms with Crippen LogP contribution < -0.4 is 10.6 Å². The highest BCUT2D eigenvalue weighted by Gasteiger charge is 2.23. The molecule has 1 unspecified atom stereocenters. The molecule has 0 spiro atoms. The molecule has 1 aromatic rings. The second-order valence-corrected chi connectivity index (χ2v) is 4.57. The second kappa shape index (κ2) is 4.54. The molecule has 1 atom stereocenters. The molecule has 0 bridgehead atoms. The monoisotopic (exact) mass is 336 g/mol. The molecule has 2 rings (SSSR count). The lowest BCUT2D eigenvalue weighted by Gasteiger charge is -2.09. The Morgan fingerprint density at radius 2 is 2.25 bits per heavy atom. The van der Waals surface area contributed by atoms with Gasteiger partial charge in [0.15, 0.2) is 6.10 Å². The minimum Gasteiger partial charge on any atom is -0.380 e. The van der Waals surface area contributed by atoms with Gasteiger partial charge in [-0.1, -0.05) is 0 Å². The van der Waals surface area contributed by atoms with E-state index in [0.717, 1.165) is 0 Å². The molecular formula is C10H10FIN2O2. The van der Waals surface area contributed by atoms with Gasteiger partial charge in [0.2, 0.25) is 0 Å². The van der Waals surface area contributed by atoms with Crippen molar-refractivity contribution in [2.24, 2.45) is 0 Å². The average molecular weight is 336 g/mol. The quantitative estimate of drug-likeness (QED) is 0.769. The summed E-state index contributed by atoms with van der Waals surface area (Å²) in [5.74, 6) is -0.534.